The fourth-order valence-electron chi connectivity index (χ4n) is 1.95. The third-order valence-corrected chi connectivity index (χ3v) is 3.48. The van der Waals surface area contributed by atoms with E-state index < -0.39 is 21.9 Å². The van der Waals surface area contributed by atoms with Crippen molar-refractivity contribution in [2.75, 3.05) is 19.5 Å². The Balaban J connectivity index is 2.07. The van der Waals surface area contributed by atoms with Crippen LogP contribution in [0.1, 0.15) is 6.42 Å². The van der Waals surface area contributed by atoms with Gasteiger partial charge in [-0.05, 0) is 18.6 Å². The van der Waals surface area contributed by atoms with Gasteiger partial charge in [0, 0.05) is 12.7 Å². The van der Waals surface area contributed by atoms with Gasteiger partial charge in [0.1, 0.15) is 17.7 Å². The van der Waals surface area contributed by atoms with Crippen LogP contribution in [0.25, 0.3) is 0 Å². The van der Waals surface area contributed by atoms with Crippen molar-refractivity contribution in [3.05, 3.63) is 30.1 Å². The van der Waals surface area contributed by atoms with Crippen LogP contribution in [0.15, 0.2) is 24.3 Å². The van der Waals surface area contributed by atoms with Crippen LogP contribution in [0, 0.1) is 5.82 Å². The molecule has 0 aliphatic carbocycles. The highest BCUT2D eigenvalue weighted by molar-refractivity contribution is 7.88. The molecular weight excluding hydrogens is 273 g/mol. The summed E-state index contributed by atoms with van der Waals surface area (Å²) in [5, 5.41) is 0. The molecule has 0 saturated carbocycles. The molecule has 2 rings (SSSR count). The second-order valence-corrected chi connectivity index (χ2v) is 6.25. The number of rotatable bonds is 4. The maximum atomic E-state index is 13.1. The first-order valence-electron chi connectivity index (χ1n) is 5.91. The molecule has 7 heteroatoms. The lowest BCUT2D eigenvalue weighted by atomic mass is 10.1. The van der Waals surface area contributed by atoms with Gasteiger partial charge < -0.3 is 9.47 Å². The van der Waals surface area contributed by atoms with E-state index in [4.69, 9.17) is 9.47 Å². The van der Waals surface area contributed by atoms with Gasteiger partial charge in [0.15, 0.2) is 0 Å². The SMILES string of the molecule is CS(=O)(=O)N[C@@H]1CCOC[C@H]1Oc1cccc(F)c1. The standard InChI is InChI=1S/C12H16FNO4S/c1-19(15,16)14-11-5-6-17-8-12(11)18-10-4-2-3-9(13)7-10/h2-4,7,11-12,14H,5-6,8H2,1H3/t11-,12-/m1/s1. The largest absolute Gasteiger partial charge is 0.486 e. The Morgan fingerprint density at radius 3 is 2.95 bits per heavy atom. The molecule has 0 spiro atoms. The molecule has 0 radical (unpaired) electrons. The van der Waals surface area contributed by atoms with Crippen LogP contribution in [0.5, 0.6) is 5.75 Å². The number of halogens is 1. The lowest BCUT2D eigenvalue weighted by Gasteiger charge is -2.31. The molecule has 106 valence electrons. The first kappa shape index (κ1) is 14.2. The van der Waals surface area contributed by atoms with Gasteiger partial charge in [-0.3, -0.25) is 0 Å². The van der Waals surface area contributed by atoms with Crippen molar-refractivity contribution < 1.29 is 22.3 Å². The number of sulfonamides is 1. The van der Waals surface area contributed by atoms with Crippen LogP contribution >= 0.6 is 0 Å². The third-order valence-electron chi connectivity index (χ3n) is 2.75. The van der Waals surface area contributed by atoms with Crippen LogP contribution < -0.4 is 9.46 Å². The number of nitrogens with one attached hydrogen (secondary N) is 1. The average Bonchev–Trinajstić information content (AvgIpc) is 2.30. The fourth-order valence-corrected chi connectivity index (χ4v) is 2.77. The second-order valence-electron chi connectivity index (χ2n) is 4.47. The molecule has 5 nitrogen and oxygen atoms in total. The zero-order valence-corrected chi connectivity index (χ0v) is 11.3. The molecule has 0 aromatic heterocycles. The summed E-state index contributed by atoms with van der Waals surface area (Å²) in [6, 6.07) is 5.36. The summed E-state index contributed by atoms with van der Waals surface area (Å²) < 4.78 is 49.0. The van der Waals surface area contributed by atoms with Crippen LogP contribution in [-0.2, 0) is 14.8 Å². The normalized spacial score (nSPS) is 24.1. The van der Waals surface area contributed by atoms with E-state index in [0.717, 1.165) is 6.26 Å². The maximum absolute atomic E-state index is 13.1. The molecule has 0 unspecified atom stereocenters. The lowest BCUT2D eigenvalue weighted by Crippen LogP contribution is -2.51. The molecule has 0 bridgehead atoms. The Bertz CT molecular complexity index is 534. The van der Waals surface area contributed by atoms with Gasteiger partial charge >= 0.3 is 0 Å². The van der Waals surface area contributed by atoms with Crippen molar-refractivity contribution in [2.24, 2.45) is 0 Å². The third kappa shape index (κ3) is 4.45. The van der Waals surface area contributed by atoms with E-state index in [2.05, 4.69) is 4.72 Å². The second kappa shape index (κ2) is 5.85. The van der Waals surface area contributed by atoms with Gasteiger partial charge in [-0.2, -0.15) is 0 Å². The number of hydrogen-bond acceptors (Lipinski definition) is 4. The molecule has 0 amide bonds. The van der Waals surface area contributed by atoms with Crippen LogP contribution in [-0.4, -0.2) is 40.0 Å². The Morgan fingerprint density at radius 2 is 2.26 bits per heavy atom. The summed E-state index contributed by atoms with van der Waals surface area (Å²) in [6.07, 6.45) is 1.15. The fraction of sp³-hybridized carbons (Fsp3) is 0.500. The Labute approximate surface area is 111 Å². The molecular formula is C12H16FNO4S. The van der Waals surface area contributed by atoms with Gasteiger partial charge in [0.2, 0.25) is 10.0 Å². The van der Waals surface area contributed by atoms with Crippen LogP contribution in [0.2, 0.25) is 0 Å². The Hall–Kier alpha value is -1.18. The summed E-state index contributed by atoms with van der Waals surface area (Å²) in [7, 11) is -3.32. The molecule has 1 aromatic rings. The van der Waals surface area contributed by atoms with E-state index in [0.29, 0.717) is 18.8 Å². The maximum Gasteiger partial charge on any atom is 0.209 e. The van der Waals surface area contributed by atoms with Gasteiger partial charge in [-0.15, -0.1) is 0 Å². The number of ether oxygens (including phenoxy) is 2. The molecule has 1 aliphatic heterocycles. The van der Waals surface area contributed by atoms with Crippen molar-refractivity contribution in [3.63, 3.8) is 0 Å². The average molecular weight is 289 g/mol. The van der Waals surface area contributed by atoms with E-state index in [-0.39, 0.29) is 12.6 Å². The van der Waals surface area contributed by atoms with E-state index in [9.17, 15) is 12.8 Å². The minimum Gasteiger partial charge on any atom is -0.486 e. The first-order valence-corrected chi connectivity index (χ1v) is 7.80. The predicted molar refractivity (Wildman–Crippen MR) is 68.0 cm³/mol. The summed E-state index contributed by atoms with van der Waals surface area (Å²) >= 11 is 0. The van der Waals surface area contributed by atoms with Gasteiger partial charge in [0.05, 0.1) is 18.9 Å². The van der Waals surface area contributed by atoms with Crippen molar-refractivity contribution in [1.82, 2.24) is 4.72 Å². The predicted octanol–water partition coefficient (Wildman–Crippen LogP) is 0.911. The molecule has 1 aliphatic rings. The summed E-state index contributed by atoms with van der Waals surface area (Å²) in [5.41, 5.74) is 0. The minimum atomic E-state index is -3.32. The molecule has 1 heterocycles. The van der Waals surface area contributed by atoms with E-state index >= 15 is 0 Å². The lowest BCUT2D eigenvalue weighted by molar-refractivity contribution is -0.00933. The van der Waals surface area contributed by atoms with E-state index in [1.54, 1.807) is 6.07 Å². The highest BCUT2D eigenvalue weighted by Gasteiger charge is 2.29. The highest BCUT2D eigenvalue weighted by Crippen LogP contribution is 2.19. The van der Waals surface area contributed by atoms with Crippen molar-refractivity contribution in [2.45, 2.75) is 18.6 Å². The van der Waals surface area contributed by atoms with Gasteiger partial charge in [-0.1, -0.05) is 6.07 Å². The molecule has 1 aromatic carbocycles. The molecule has 1 saturated heterocycles. The number of benzene rings is 1. The molecule has 19 heavy (non-hydrogen) atoms. The smallest absolute Gasteiger partial charge is 0.209 e. The highest BCUT2D eigenvalue weighted by atomic mass is 32.2. The zero-order valence-electron chi connectivity index (χ0n) is 10.5. The Kier molecular flexibility index (Phi) is 4.38. The van der Waals surface area contributed by atoms with Crippen LogP contribution in [0.3, 0.4) is 0 Å². The van der Waals surface area contributed by atoms with Crippen molar-refractivity contribution >= 4 is 10.0 Å². The summed E-state index contributed by atoms with van der Waals surface area (Å²) in [4.78, 5) is 0. The van der Waals surface area contributed by atoms with Gasteiger partial charge in [0.25, 0.3) is 0 Å². The summed E-state index contributed by atoms with van der Waals surface area (Å²) in [5.74, 6) is -0.0438. The monoisotopic (exact) mass is 289 g/mol. The van der Waals surface area contributed by atoms with Crippen molar-refractivity contribution in [3.8, 4) is 5.75 Å². The van der Waals surface area contributed by atoms with Crippen molar-refractivity contribution in [1.29, 1.82) is 0 Å². The number of hydrogen-bond donors (Lipinski definition) is 1. The summed E-state index contributed by atoms with van der Waals surface area (Å²) in [6.45, 7) is 0.736. The van der Waals surface area contributed by atoms with Gasteiger partial charge in [-0.25, -0.2) is 17.5 Å². The first-order chi connectivity index (χ1) is 8.94. The van der Waals surface area contributed by atoms with Crippen LogP contribution in [0.4, 0.5) is 4.39 Å². The Morgan fingerprint density at radius 1 is 1.47 bits per heavy atom. The minimum absolute atomic E-state index is 0.268. The molecule has 2 atom stereocenters. The zero-order chi connectivity index (χ0) is 13.9. The molecule has 1 fully saturated rings. The molecule has 1 N–H and O–H groups in total. The topological polar surface area (TPSA) is 64.6 Å². The van der Waals surface area contributed by atoms with E-state index in [1.807, 2.05) is 0 Å². The van der Waals surface area contributed by atoms with E-state index in [1.165, 1.54) is 18.2 Å². The quantitative estimate of drug-likeness (QED) is 0.895.